The van der Waals surface area contributed by atoms with Crippen LogP contribution >= 0.6 is 0 Å². The van der Waals surface area contributed by atoms with E-state index < -0.39 is 22.5 Å². The van der Waals surface area contributed by atoms with Crippen molar-refractivity contribution in [2.75, 3.05) is 12.4 Å². The van der Waals surface area contributed by atoms with Crippen LogP contribution in [-0.2, 0) is 10.1 Å². The van der Waals surface area contributed by atoms with Crippen molar-refractivity contribution in [3.05, 3.63) is 0 Å². The maximum Gasteiger partial charge on any atom is 1.00 e. The molecule has 0 amide bonds. The SMILES string of the molecule is O=S(=O)([O-])CCF.[K+]. The molecule has 0 aliphatic rings. The Morgan fingerprint density at radius 3 is 1.88 bits per heavy atom. The third-order valence-electron chi connectivity index (χ3n) is 0.327. The molecule has 0 aromatic carbocycles. The molecule has 0 aliphatic carbocycles. The largest absolute Gasteiger partial charge is 1.00 e. The number of hydrogen-bond acceptors (Lipinski definition) is 3. The van der Waals surface area contributed by atoms with Crippen molar-refractivity contribution in [2.24, 2.45) is 0 Å². The minimum atomic E-state index is -4.30. The van der Waals surface area contributed by atoms with Gasteiger partial charge in [-0.25, -0.2) is 8.42 Å². The summed E-state index contributed by atoms with van der Waals surface area (Å²) in [5.41, 5.74) is 0. The summed E-state index contributed by atoms with van der Waals surface area (Å²) in [5, 5.41) is 0. The van der Waals surface area contributed by atoms with Crippen molar-refractivity contribution < 1.29 is 68.7 Å². The molecule has 0 radical (unpaired) electrons. The first-order valence-corrected chi connectivity index (χ1v) is 3.13. The first kappa shape index (κ1) is 12.2. The second-order valence-corrected chi connectivity index (χ2v) is 2.47. The van der Waals surface area contributed by atoms with Gasteiger partial charge in [0, 0.05) is 0 Å². The van der Waals surface area contributed by atoms with Gasteiger partial charge in [0.25, 0.3) is 0 Å². The predicted molar refractivity (Wildman–Crippen MR) is 20.5 cm³/mol. The van der Waals surface area contributed by atoms with Crippen molar-refractivity contribution in [2.45, 2.75) is 0 Å². The molecular formula is C2H4FKO3S. The minimum absolute atomic E-state index is 0. The van der Waals surface area contributed by atoms with Crippen molar-refractivity contribution in [3.63, 3.8) is 0 Å². The van der Waals surface area contributed by atoms with Gasteiger partial charge in [0.15, 0.2) is 0 Å². The minimum Gasteiger partial charge on any atom is -0.748 e. The average molecular weight is 166 g/mol. The fraction of sp³-hybridized carbons (Fsp3) is 1.00. The Kier molecular flexibility index (Phi) is 8.03. The van der Waals surface area contributed by atoms with Crippen LogP contribution < -0.4 is 51.4 Å². The normalized spacial score (nSPS) is 10.2. The zero-order valence-corrected chi connectivity index (χ0v) is 8.36. The fourth-order valence-corrected chi connectivity index (χ4v) is 0.283. The average Bonchev–Trinajstić information content (AvgIpc) is 1.30. The van der Waals surface area contributed by atoms with Crippen LogP contribution in [-0.4, -0.2) is 25.4 Å². The molecule has 0 aromatic heterocycles. The van der Waals surface area contributed by atoms with Crippen molar-refractivity contribution >= 4 is 10.1 Å². The van der Waals surface area contributed by atoms with Crippen molar-refractivity contribution in [1.29, 1.82) is 0 Å². The predicted octanol–water partition coefficient (Wildman–Crippen LogP) is -3.49. The second kappa shape index (κ2) is 5.28. The summed E-state index contributed by atoms with van der Waals surface area (Å²) in [6.45, 7) is -1.09. The topological polar surface area (TPSA) is 57.2 Å². The Morgan fingerprint density at radius 1 is 1.50 bits per heavy atom. The summed E-state index contributed by atoms with van der Waals surface area (Å²) in [5.74, 6) is -0.910. The van der Waals surface area contributed by atoms with Crippen LogP contribution in [0.4, 0.5) is 4.39 Å². The summed E-state index contributed by atoms with van der Waals surface area (Å²) >= 11 is 0. The molecule has 0 heterocycles. The van der Waals surface area contributed by atoms with Crippen molar-refractivity contribution in [3.8, 4) is 0 Å². The third kappa shape index (κ3) is 10.5. The maximum absolute atomic E-state index is 10.9. The molecular weight excluding hydrogens is 162 g/mol. The zero-order valence-electron chi connectivity index (χ0n) is 4.43. The van der Waals surface area contributed by atoms with E-state index in [0.717, 1.165) is 0 Å². The van der Waals surface area contributed by atoms with E-state index >= 15 is 0 Å². The smallest absolute Gasteiger partial charge is 0.748 e. The molecule has 0 atom stereocenters. The van der Waals surface area contributed by atoms with Gasteiger partial charge in [-0.2, -0.15) is 0 Å². The van der Waals surface area contributed by atoms with E-state index in [1.807, 2.05) is 0 Å². The van der Waals surface area contributed by atoms with Gasteiger partial charge in [-0.1, -0.05) is 0 Å². The quantitative estimate of drug-likeness (QED) is 0.316. The van der Waals surface area contributed by atoms with Crippen LogP contribution in [0.25, 0.3) is 0 Å². The molecule has 0 rings (SSSR count). The van der Waals surface area contributed by atoms with Gasteiger partial charge in [0.1, 0.15) is 6.67 Å². The molecule has 0 saturated heterocycles. The zero-order chi connectivity index (χ0) is 5.91. The molecule has 0 fully saturated rings. The Labute approximate surface area is 89.8 Å². The Bertz CT molecular complexity index is 130. The van der Waals surface area contributed by atoms with Gasteiger partial charge in [-0.3, -0.25) is 4.39 Å². The number of rotatable bonds is 2. The van der Waals surface area contributed by atoms with Gasteiger partial charge < -0.3 is 4.55 Å². The summed E-state index contributed by atoms with van der Waals surface area (Å²) in [6.07, 6.45) is 0. The van der Waals surface area contributed by atoms with Gasteiger partial charge in [-0.05, 0) is 0 Å². The van der Waals surface area contributed by atoms with Gasteiger partial charge in [0.2, 0.25) is 0 Å². The molecule has 0 bridgehead atoms. The molecule has 0 spiro atoms. The molecule has 0 unspecified atom stereocenters. The van der Waals surface area contributed by atoms with Crippen LogP contribution in [0.1, 0.15) is 0 Å². The summed E-state index contributed by atoms with van der Waals surface area (Å²) in [6, 6.07) is 0. The van der Waals surface area contributed by atoms with Gasteiger partial charge >= 0.3 is 51.4 Å². The second-order valence-electron chi connectivity index (χ2n) is 0.951. The summed E-state index contributed by atoms with van der Waals surface area (Å²) < 4.78 is 39.2. The molecule has 44 valence electrons. The van der Waals surface area contributed by atoms with Crippen LogP contribution in [0.3, 0.4) is 0 Å². The van der Waals surface area contributed by atoms with Crippen LogP contribution in [0.2, 0.25) is 0 Å². The number of halogens is 1. The van der Waals surface area contributed by atoms with E-state index in [9.17, 15) is 17.4 Å². The van der Waals surface area contributed by atoms with Crippen LogP contribution in [0.15, 0.2) is 0 Å². The van der Waals surface area contributed by atoms with Crippen LogP contribution in [0.5, 0.6) is 0 Å². The van der Waals surface area contributed by atoms with Crippen molar-refractivity contribution in [1.82, 2.24) is 0 Å². The first-order chi connectivity index (χ1) is 3.06. The standard InChI is InChI=1S/C2H5FO3S.K/c3-1-2-7(4,5)6;/h1-2H2,(H,4,5,6);/q;+1/p-1. The number of hydrogen-bond donors (Lipinski definition) is 0. The fourth-order valence-electron chi connectivity index (χ4n) is 0.0945. The molecule has 0 aliphatic heterocycles. The van der Waals surface area contributed by atoms with E-state index in [2.05, 4.69) is 0 Å². The molecule has 3 nitrogen and oxygen atoms in total. The molecule has 0 aromatic rings. The molecule has 0 N–H and O–H groups in total. The monoisotopic (exact) mass is 166 g/mol. The van der Waals surface area contributed by atoms with Gasteiger partial charge in [0.05, 0.1) is 15.9 Å². The molecule has 8 heavy (non-hydrogen) atoms. The van der Waals surface area contributed by atoms with E-state index in [4.69, 9.17) is 0 Å². The van der Waals surface area contributed by atoms with E-state index in [1.165, 1.54) is 0 Å². The van der Waals surface area contributed by atoms with E-state index in [0.29, 0.717) is 0 Å². The first-order valence-electron chi connectivity index (χ1n) is 1.56. The number of alkyl halides is 1. The molecule has 6 heteroatoms. The Hall–Kier alpha value is 1.48. The third-order valence-corrected chi connectivity index (χ3v) is 0.981. The maximum atomic E-state index is 10.9. The van der Waals surface area contributed by atoms with Crippen LogP contribution in [0, 0.1) is 0 Å². The van der Waals surface area contributed by atoms with Gasteiger partial charge in [-0.15, -0.1) is 0 Å². The summed E-state index contributed by atoms with van der Waals surface area (Å²) in [4.78, 5) is 0. The van der Waals surface area contributed by atoms with E-state index in [1.54, 1.807) is 0 Å². The molecule has 0 saturated carbocycles. The Morgan fingerprint density at radius 2 is 1.88 bits per heavy atom. The summed E-state index contributed by atoms with van der Waals surface area (Å²) in [7, 11) is -4.30. The van der Waals surface area contributed by atoms with E-state index in [-0.39, 0.29) is 51.4 Å². The Balaban J connectivity index is 0.